The Morgan fingerprint density at radius 1 is 1.09 bits per heavy atom. The molecule has 3 heterocycles. The highest BCUT2D eigenvalue weighted by Gasteiger charge is 2.34. The first-order chi connectivity index (χ1) is 16.0. The Balaban J connectivity index is 1.62. The van der Waals surface area contributed by atoms with E-state index >= 15 is 0 Å². The van der Waals surface area contributed by atoms with Crippen LogP contribution >= 0.6 is 11.6 Å². The van der Waals surface area contributed by atoms with Crippen molar-refractivity contribution >= 4 is 29.3 Å². The van der Waals surface area contributed by atoms with Crippen LogP contribution in [0.1, 0.15) is 18.5 Å². The van der Waals surface area contributed by atoms with E-state index in [1.165, 1.54) is 6.07 Å². The Morgan fingerprint density at radius 3 is 2.58 bits per heavy atom. The molecule has 9 heteroatoms. The summed E-state index contributed by atoms with van der Waals surface area (Å²) in [7, 11) is 0. The van der Waals surface area contributed by atoms with Gasteiger partial charge < -0.3 is 10.6 Å². The fraction of sp³-hybridized carbons (Fsp3) is 0.0833. The van der Waals surface area contributed by atoms with Crippen LogP contribution in [0.2, 0.25) is 5.02 Å². The molecular formula is C24H18ClFN6O. The summed E-state index contributed by atoms with van der Waals surface area (Å²) < 4.78 is 16.0. The number of nitrogens with one attached hydrogen (secondary N) is 2. The molecule has 0 radical (unpaired) electrons. The zero-order valence-corrected chi connectivity index (χ0v) is 18.2. The number of halogens is 2. The molecule has 1 amide bonds. The average molecular weight is 461 g/mol. The lowest BCUT2D eigenvalue weighted by Gasteiger charge is -2.28. The van der Waals surface area contributed by atoms with Crippen LogP contribution in [0.15, 0.2) is 84.2 Å². The lowest BCUT2D eigenvalue weighted by Crippen LogP contribution is -2.31. The van der Waals surface area contributed by atoms with Crippen LogP contribution in [0.4, 0.5) is 16.2 Å². The second kappa shape index (κ2) is 8.48. The van der Waals surface area contributed by atoms with Gasteiger partial charge in [-0.2, -0.15) is 4.98 Å². The number of hydrogen-bond acceptors (Lipinski definition) is 5. The van der Waals surface area contributed by atoms with Crippen LogP contribution in [-0.4, -0.2) is 25.7 Å². The fourth-order valence-corrected chi connectivity index (χ4v) is 3.90. The van der Waals surface area contributed by atoms with E-state index in [2.05, 4.69) is 25.7 Å². The molecule has 1 aliphatic heterocycles. The summed E-state index contributed by atoms with van der Waals surface area (Å²) >= 11 is 6.10. The highest BCUT2D eigenvalue weighted by atomic mass is 35.5. The van der Waals surface area contributed by atoms with Gasteiger partial charge in [0, 0.05) is 16.9 Å². The molecule has 2 aromatic heterocycles. The summed E-state index contributed by atoms with van der Waals surface area (Å²) in [5, 5.41) is 11.1. The quantitative estimate of drug-likeness (QED) is 0.444. The molecule has 33 heavy (non-hydrogen) atoms. The lowest BCUT2D eigenvalue weighted by atomic mass is 9.95. The van der Waals surface area contributed by atoms with E-state index in [0.717, 1.165) is 5.56 Å². The van der Waals surface area contributed by atoms with Crippen molar-refractivity contribution in [1.82, 2.24) is 19.7 Å². The van der Waals surface area contributed by atoms with Gasteiger partial charge in [0.1, 0.15) is 17.7 Å². The summed E-state index contributed by atoms with van der Waals surface area (Å²) in [5.74, 6) is 0.274. The topological polar surface area (TPSA) is 84.7 Å². The van der Waals surface area contributed by atoms with Crippen molar-refractivity contribution in [3.8, 4) is 11.4 Å². The number of allylic oxidation sites excluding steroid dienone is 1. The van der Waals surface area contributed by atoms with E-state index in [9.17, 15) is 9.18 Å². The minimum absolute atomic E-state index is 0.216. The van der Waals surface area contributed by atoms with E-state index in [0.29, 0.717) is 28.1 Å². The number of aromatic nitrogens is 4. The number of pyridine rings is 1. The second-order valence-corrected chi connectivity index (χ2v) is 7.91. The van der Waals surface area contributed by atoms with Gasteiger partial charge in [-0.05, 0) is 48.9 Å². The zero-order valence-electron chi connectivity index (χ0n) is 17.5. The smallest absolute Gasteiger partial charge is 0.257 e. The predicted molar refractivity (Wildman–Crippen MR) is 124 cm³/mol. The van der Waals surface area contributed by atoms with Gasteiger partial charge in [-0.3, -0.25) is 4.79 Å². The van der Waals surface area contributed by atoms with Gasteiger partial charge in [0.05, 0.1) is 11.1 Å². The van der Waals surface area contributed by atoms with Gasteiger partial charge in [-0.1, -0.05) is 41.9 Å². The number of amides is 1. The molecule has 7 nitrogen and oxygen atoms in total. The van der Waals surface area contributed by atoms with Crippen LogP contribution in [0.3, 0.4) is 0 Å². The summed E-state index contributed by atoms with van der Waals surface area (Å²) in [6.45, 7) is 1.79. The third kappa shape index (κ3) is 3.96. The minimum atomic E-state index is -0.616. The molecule has 0 saturated carbocycles. The monoisotopic (exact) mass is 460 g/mol. The Bertz CT molecular complexity index is 1370. The van der Waals surface area contributed by atoms with Gasteiger partial charge >= 0.3 is 0 Å². The largest absolute Gasteiger partial charge is 0.328 e. The molecule has 0 saturated heterocycles. The van der Waals surface area contributed by atoms with Crippen LogP contribution in [0.5, 0.6) is 0 Å². The molecule has 2 N–H and O–H groups in total. The summed E-state index contributed by atoms with van der Waals surface area (Å²) in [6, 6.07) is 18.1. The summed E-state index contributed by atoms with van der Waals surface area (Å²) in [4.78, 5) is 22.0. The zero-order chi connectivity index (χ0) is 22.9. The molecule has 1 atom stereocenters. The van der Waals surface area contributed by atoms with Gasteiger partial charge in [0.25, 0.3) is 5.91 Å². The number of anilines is 2. The second-order valence-electron chi connectivity index (χ2n) is 7.47. The molecule has 4 aromatic rings. The van der Waals surface area contributed by atoms with Crippen LogP contribution in [-0.2, 0) is 4.79 Å². The Hall–Kier alpha value is -4.04. The maximum absolute atomic E-state index is 14.4. The lowest BCUT2D eigenvalue weighted by molar-refractivity contribution is -0.113. The molecule has 1 aliphatic rings. The number of carbonyl (C=O) groups is 1. The molecule has 0 spiro atoms. The van der Waals surface area contributed by atoms with E-state index in [4.69, 9.17) is 11.6 Å². The molecule has 2 aromatic carbocycles. The maximum atomic E-state index is 14.4. The van der Waals surface area contributed by atoms with Crippen molar-refractivity contribution in [2.75, 3.05) is 10.6 Å². The summed E-state index contributed by atoms with van der Waals surface area (Å²) in [6.07, 6.45) is 1.60. The van der Waals surface area contributed by atoms with Gasteiger partial charge in [0.2, 0.25) is 5.95 Å². The Morgan fingerprint density at radius 2 is 1.85 bits per heavy atom. The van der Waals surface area contributed by atoms with Crippen molar-refractivity contribution in [3.05, 3.63) is 101 Å². The van der Waals surface area contributed by atoms with Crippen molar-refractivity contribution in [2.24, 2.45) is 0 Å². The normalized spacial score (nSPS) is 15.1. The predicted octanol–water partition coefficient (Wildman–Crippen LogP) is 5.06. The molecule has 1 unspecified atom stereocenters. The number of fused-ring (bicyclic) bond motifs is 1. The molecule has 5 rings (SSSR count). The van der Waals surface area contributed by atoms with Crippen LogP contribution in [0, 0.1) is 5.82 Å². The van der Waals surface area contributed by atoms with E-state index in [1.807, 2.05) is 12.1 Å². The Labute approximate surface area is 194 Å². The Kier molecular flexibility index (Phi) is 5.35. The van der Waals surface area contributed by atoms with Crippen molar-refractivity contribution in [1.29, 1.82) is 0 Å². The first-order valence-electron chi connectivity index (χ1n) is 10.2. The standard InChI is InChI=1S/C24H18ClFN6O/c1-14-20(23(33)29-19-8-4-5-13-27-19)21(15-9-11-16(25)12-10-15)32-24(28-14)30-22(31-32)17-6-2-3-7-18(17)26/h2-13,21H,1H3,(H,27,29,33)(H,28,30,31). The first kappa shape index (κ1) is 20.8. The van der Waals surface area contributed by atoms with Crippen LogP contribution < -0.4 is 10.6 Å². The highest BCUT2D eigenvalue weighted by molar-refractivity contribution is 6.30. The molecular weight excluding hydrogens is 443 g/mol. The third-order valence-electron chi connectivity index (χ3n) is 5.30. The van der Waals surface area contributed by atoms with Gasteiger partial charge in [-0.15, -0.1) is 5.10 Å². The van der Waals surface area contributed by atoms with E-state index < -0.39 is 11.9 Å². The van der Waals surface area contributed by atoms with Gasteiger partial charge in [-0.25, -0.2) is 14.1 Å². The number of benzene rings is 2. The SMILES string of the molecule is CC1=C(C(=O)Nc2ccccn2)C(c2ccc(Cl)cc2)n2nc(-c3ccccc3F)nc2N1. The summed E-state index contributed by atoms with van der Waals surface area (Å²) in [5.41, 5.74) is 2.08. The molecule has 0 bridgehead atoms. The number of carbonyl (C=O) groups excluding carboxylic acids is 1. The number of hydrogen-bond donors (Lipinski definition) is 2. The maximum Gasteiger partial charge on any atom is 0.257 e. The highest BCUT2D eigenvalue weighted by Crippen LogP contribution is 2.37. The molecule has 164 valence electrons. The van der Waals surface area contributed by atoms with Gasteiger partial charge in [0.15, 0.2) is 5.82 Å². The van der Waals surface area contributed by atoms with Crippen LogP contribution in [0.25, 0.3) is 11.4 Å². The fourth-order valence-electron chi connectivity index (χ4n) is 3.78. The molecule has 0 fully saturated rings. The minimum Gasteiger partial charge on any atom is -0.328 e. The van der Waals surface area contributed by atoms with Crippen molar-refractivity contribution in [3.63, 3.8) is 0 Å². The van der Waals surface area contributed by atoms with Crippen molar-refractivity contribution < 1.29 is 9.18 Å². The first-order valence-corrected chi connectivity index (χ1v) is 10.6. The number of nitrogens with zero attached hydrogens (tertiary/aromatic N) is 4. The molecule has 0 aliphatic carbocycles. The van der Waals surface area contributed by atoms with E-state index in [-0.39, 0.29) is 17.3 Å². The van der Waals surface area contributed by atoms with Crippen molar-refractivity contribution in [2.45, 2.75) is 13.0 Å². The number of rotatable bonds is 4. The average Bonchev–Trinajstić information content (AvgIpc) is 3.23. The third-order valence-corrected chi connectivity index (χ3v) is 5.56. The van der Waals surface area contributed by atoms with E-state index in [1.54, 1.807) is 66.3 Å².